The highest BCUT2D eigenvalue weighted by Gasteiger charge is 2.22. The van der Waals surface area contributed by atoms with Gasteiger partial charge < -0.3 is 10.2 Å². The van der Waals surface area contributed by atoms with Crippen molar-refractivity contribution in [3.05, 3.63) is 29.8 Å². The Kier molecular flexibility index (Phi) is 9.57. The molecular weight excluding hydrogens is 374 g/mol. The van der Waals surface area contributed by atoms with Gasteiger partial charge in [-0.25, -0.2) is 13.1 Å². The number of hydrogen-bond donors (Lipinski definition) is 2. The minimum absolute atomic E-state index is 0. The zero-order valence-corrected chi connectivity index (χ0v) is 17.2. The van der Waals surface area contributed by atoms with Crippen molar-refractivity contribution in [2.75, 3.05) is 33.2 Å². The molecule has 2 N–H and O–H groups in total. The van der Waals surface area contributed by atoms with Gasteiger partial charge in [0.05, 0.1) is 4.90 Å². The maximum Gasteiger partial charge on any atom is 0.240 e. The number of carbonyl (C=O) groups is 1. The van der Waals surface area contributed by atoms with E-state index in [1.54, 1.807) is 24.3 Å². The fourth-order valence-electron chi connectivity index (χ4n) is 3.10. The minimum Gasteiger partial charge on any atom is -0.343 e. The number of carbonyl (C=O) groups excluding carboxylic acids is 1. The molecule has 0 unspecified atom stereocenters. The second kappa shape index (κ2) is 10.9. The highest BCUT2D eigenvalue weighted by Crippen LogP contribution is 2.18. The van der Waals surface area contributed by atoms with Gasteiger partial charge in [-0.1, -0.05) is 19.1 Å². The summed E-state index contributed by atoms with van der Waals surface area (Å²) in [6, 6.07) is 6.72. The smallest absolute Gasteiger partial charge is 0.240 e. The first kappa shape index (κ1) is 22.9. The highest BCUT2D eigenvalue weighted by molar-refractivity contribution is 7.89. The lowest BCUT2D eigenvalue weighted by Crippen LogP contribution is -2.40. The van der Waals surface area contributed by atoms with Gasteiger partial charge in [0.1, 0.15) is 0 Å². The molecule has 148 valence electrons. The van der Waals surface area contributed by atoms with E-state index in [9.17, 15) is 13.2 Å². The average molecular weight is 404 g/mol. The first-order valence-electron chi connectivity index (χ1n) is 8.97. The van der Waals surface area contributed by atoms with Crippen LogP contribution in [-0.4, -0.2) is 52.5 Å². The summed E-state index contributed by atoms with van der Waals surface area (Å²) in [5.74, 6) is 0.861. The van der Waals surface area contributed by atoms with Gasteiger partial charge in [0.25, 0.3) is 0 Å². The van der Waals surface area contributed by atoms with Gasteiger partial charge in [-0.15, -0.1) is 12.4 Å². The SMILES string of the molecule is CCNCC1CCN(C(=O)CCc2ccc(S(=O)(=O)NC)cc2)CC1.Cl. The van der Waals surface area contributed by atoms with Gasteiger partial charge in [0, 0.05) is 19.5 Å². The molecule has 0 spiro atoms. The van der Waals surface area contributed by atoms with Gasteiger partial charge in [-0.3, -0.25) is 4.79 Å². The summed E-state index contributed by atoms with van der Waals surface area (Å²) in [5.41, 5.74) is 0.977. The Morgan fingerprint density at radius 1 is 1.19 bits per heavy atom. The predicted molar refractivity (Wildman–Crippen MR) is 106 cm³/mol. The van der Waals surface area contributed by atoms with E-state index in [1.807, 2.05) is 4.90 Å². The summed E-state index contributed by atoms with van der Waals surface area (Å²) in [5, 5.41) is 3.38. The molecule has 1 aromatic carbocycles. The number of hydrogen-bond acceptors (Lipinski definition) is 4. The van der Waals surface area contributed by atoms with Crippen LogP contribution in [0.3, 0.4) is 0 Å². The maximum absolute atomic E-state index is 12.4. The van der Waals surface area contributed by atoms with E-state index in [2.05, 4.69) is 17.0 Å². The summed E-state index contributed by atoms with van der Waals surface area (Å²) in [4.78, 5) is 14.6. The molecular formula is C18H30ClN3O3S. The third-order valence-corrected chi connectivity index (χ3v) is 6.21. The number of nitrogens with zero attached hydrogens (tertiary/aromatic N) is 1. The molecule has 0 saturated carbocycles. The van der Waals surface area contributed by atoms with E-state index in [0.717, 1.165) is 44.6 Å². The van der Waals surface area contributed by atoms with Crippen LogP contribution < -0.4 is 10.0 Å². The van der Waals surface area contributed by atoms with Crippen LogP contribution >= 0.6 is 12.4 Å². The first-order chi connectivity index (χ1) is 12.0. The molecule has 1 fully saturated rings. The Morgan fingerprint density at radius 2 is 1.81 bits per heavy atom. The summed E-state index contributed by atoms with van der Waals surface area (Å²) in [6.45, 7) is 5.83. The van der Waals surface area contributed by atoms with E-state index in [-0.39, 0.29) is 23.2 Å². The fraction of sp³-hybridized carbons (Fsp3) is 0.611. The molecule has 1 amide bonds. The molecule has 1 saturated heterocycles. The molecule has 0 aliphatic carbocycles. The molecule has 0 bridgehead atoms. The lowest BCUT2D eigenvalue weighted by atomic mass is 9.96. The molecule has 2 rings (SSSR count). The molecule has 1 heterocycles. The Morgan fingerprint density at radius 3 is 2.35 bits per heavy atom. The van der Waals surface area contributed by atoms with Crippen molar-refractivity contribution in [2.24, 2.45) is 5.92 Å². The number of halogens is 1. The zero-order valence-electron chi connectivity index (χ0n) is 15.5. The number of likely N-dealkylation sites (tertiary alicyclic amines) is 1. The zero-order chi connectivity index (χ0) is 18.3. The monoisotopic (exact) mass is 403 g/mol. The largest absolute Gasteiger partial charge is 0.343 e. The summed E-state index contributed by atoms with van der Waals surface area (Å²) in [6.07, 6.45) is 3.23. The third-order valence-electron chi connectivity index (χ3n) is 4.78. The van der Waals surface area contributed by atoms with Crippen molar-refractivity contribution in [3.63, 3.8) is 0 Å². The second-order valence-electron chi connectivity index (χ2n) is 6.48. The number of benzene rings is 1. The van der Waals surface area contributed by atoms with Crippen LogP contribution in [0.1, 0.15) is 31.7 Å². The number of sulfonamides is 1. The van der Waals surface area contributed by atoms with Gasteiger partial charge in [0.15, 0.2) is 0 Å². The topological polar surface area (TPSA) is 78.5 Å². The van der Waals surface area contributed by atoms with E-state index in [4.69, 9.17) is 0 Å². The van der Waals surface area contributed by atoms with Crippen molar-refractivity contribution < 1.29 is 13.2 Å². The molecule has 0 radical (unpaired) electrons. The summed E-state index contributed by atoms with van der Waals surface area (Å²) in [7, 11) is -2.01. The number of amides is 1. The van der Waals surface area contributed by atoms with E-state index >= 15 is 0 Å². The van der Waals surface area contributed by atoms with E-state index < -0.39 is 10.0 Å². The fourth-order valence-corrected chi connectivity index (χ4v) is 3.83. The van der Waals surface area contributed by atoms with Gasteiger partial charge in [-0.05, 0) is 63.0 Å². The second-order valence-corrected chi connectivity index (χ2v) is 8.37. The number of nitrogens with one attached hydrogen (secondary N) is 2. The normalized spacial score (nSPS) is 15.5. The molecule has 26 heavy (non-hydrogen) atoms. The van der Waals surface area contributed by atoms with Crippen molar-refractivity contribution in [1.29, 1.82) is 0 Å². The van der Waals surface area contributed by atoms with E-state index in [1.165, 1.54) is 7.05 Å². The number of rotatable bonds is 8. The number of aryl methyl sites for hydroxylation is 1. The third kappa shape index (κ3) is 6.54. The molecule has 0 atom stereocenters. The molecule has 1 aliphatic heterocycles. The van der Waals surface area contributed by atoms with Crippen molar-refractivity contribution >= 4 is 28.3 Å². The Bertz CT molecular complexity index is 657. The van der Waals surface area contributed by atoms with Gasteiger partial charge in [0.2, 0.25) is 15.9 Å². The van der Waals surface area contributed by atoms with Crippen molar-refractivity contribution in [3.8, 4) is 0 Å². The van der Waals surface area contributed by atoms with Crippen LogP contribution in [0.5, 0.6) is 0 Å². The molecule has 0 aromatic heterocycles. The average Bonchev–Trinajstić information content (AvgIpc) is 2.65. The lowest BCUT2D eigenvalue weighted by molar-refractivity contribution is -0.132. The minimum atomic E-state index is -3.41. The Balaban J connectivity index is 0.00000338. The molecule has 8 heteroatoms. The summed E-state index contributed by atoms with van der Waals surface area (Å²) >= 11 is 0. The Hall–Kier alpha value is -1.15. The number of piperidine rings is 1. The van der Waals surface area contributed by atoms with Gasteiger partial charge in [-0.2, -0.15) is 0 Å². The predicted octanol–water partition coefficient (Wildman–Crippen LogP) is 1.80. The first-order valence-corrected chi connectivity index (χ1v) is 10.5. The molecule has 6 nitrogen and oxygen atoms in total. The van der Waals surface area contributed by atoms with Crippen molar-refractivity contribution in [2.45, 2.75) is 37.5 Å². The lowest BCUT2D eigenvalue weighted by Gasteiger charge is -2.32. The standard InChI is InChI=1S/C18H29N3O3S.ClH/c1-3-20-14-16-10-12-21(13-11-16)18(22)9-6-15-4-7-17(8-5-15)25(23,24)19-2;/h4-5,7-8,16,19-20H,3,6,9-14H2,1-2H3;1H. The maximum atomic E-state index is 12.4. The van der Waals surface area contributed by atoms with Crippen LogP contribution in [0.15, 0.2) is 29.2 Å². The van der Waals surface area contributed by atoms with Crippen LogP contribution in [0.2, 0.25) is 0 Å². The quantitative estimate of drug-likeness (QED) is 0.693. The van der Waals surface area contributed by atoms with E-state index in [0.29, 0.717) is 18.8 Å². The Labute approximate surface area is 163 Å². The highest BCUT2D eigenvalue weighted by atomic mass is 35.5. The van der Waals surface area contributed by atoms with Crippen molar-refractivity contribution in [1.82, 2.24) is 14.9 Å². The van der Waals surface area contributed by atoms with Crippen LogP contribution in [-0.2, 0) is 21.2 Å². The summed E-state index contributed by atoms with van der Waals surface area (Å²) < 4.78 is 25.7. The van der Waals surface area contributed by atoms with Crippen LogP contribution in [0, 0.1) is 5.92 Å². The van der Waals surface area contributed by atoms with Crippen LogP contribution in [0.4, 0.5) is 0 Å². The van der Waals surface area contributed by atoms with Gasteiger partial charge >= 0.3 is 0 Å². The van der Waals surface area contributed by atoms with Crippen LogP contribution in [0.25, 0.3) is 0 Å². The molecule has 1 aromatic rings. The molecule has 1 aliphatic rings.